The van der Waals surface area contributed by atoms with Gasteiger partial charge in [-0.25, -0.2) is 0 Å². The van der Waals surface area contributed by atoms with Gasteiger partial charge in [0.1, 0.15) is 18.2 Å². The fourth-order valence-electron chi connectivity index (χ4n) is 3.34. The van der Waals surface area contributed by atoms with E-state index in [-0.39, 0.29) is 11.3 Å². The van der Waals surface area contributed by atoms with E-state index >= 15 is 0 Å². The summed E-state index contributed by atoms with van der Waals surface area (Å²) in [6.07, 6.45) is -3.22. The van der Waals surface area contributed by atoms with E-state index in [2.05, 4.69) is 11.4 Å². The van der Waals surface area contributed by atoms with E-state index in [1.54, 1.807) is 24.3 Å². The largest absolute Gasteiger partial charge is 0.490 e. The molecule has 0 aromatic heterocycles. The van der Waals surface area contributed by atoms with Crippen LogP contribution in [0.3, 0.4) is 0 Å². The fraction of sp³-hybridized carbons (Fsp3) is 0.214. The molecule has 1 amide bonds. The van der Waals surface area contributed by atoms with Gasteiger partial charge in [0.25, 0.3) is 5.91 Å². The highest BCUT2D eigenvalue weighted by atomic mass is 19.4. The second kappa shape index (κ2) is 11.5. The van der Waals surface area contributed by atoms with Crippen LogP contribution < -0.4 is 14.8 Å². The topological polar surface area (TPSA) is 71.3 Å². The van der Waals surface area contributed by atoms with E-state index in [0.29, 0.717) is 30.3 Å². The zero-order chi connectivity index (χ0) is 26.3. The molecule has 1 N–H and O–H groups in total. The van der Waals surface area contributed by atoms with E-state index in [0.717, 1.165) is 23.3 Å². The molecule has 3 aromatic rings. The lowest BCUT2D eigenvalue weighted by atomic mass is 10.1. The van der Waals surface area contributed by atoms with Crippen molar-refractivity contribution in [3.05, 3.63) is 94.1 Å². The summed E-state index contributed by atoms with van der Waals surface area (Å²) in [4.78, 5) is 12.6. The third-order valence-electron chi connectivity index (χ3n) is 5.36. The summed E-state index contributed by atoms with van der Waals surface area (Å²) in [5.74, 6) is 0.106. The highest BCUT2D eigenvalue weighted by Crippen LogP contribution is 2.32. The molecule has 0 saturated heterocycles. The molecular weight excluding hydrogens is 469 g/mol. The molecule has 0 aliphatic heterocycles. The van der Waals surface area contributed by atoms with E-state index < -0.39 is 17.6 Å². The van der Waals surface area contributed by atoms with Gasteiger partial charge in [0.15, 0.2) is 11.5 Å². The van der Waals surface area contributed by atoms with Gasteiger partial charge in [0.05, 0.1) is 12.2 Å². The number of carbonyl (C=O) groups excluding carboxylic acids is 1. The van der Waals surface area contributed by atoms with Gasteiger partial charge in [-0.15, -0.1) is 0 Å². The molecule has 0 saturated carbocycles. The molecule has 3 aromatic carbocycles. The molecule has 8 heteroatoms. The van der Waals surface area contributed by atoms with Crippen molar-refractivity contribution in [3.63, 3.8) is 0 Å². The number of nitrogens with zero attached hydrogens (tertiary/aromatic N) is 1. The second-order valence-electron chi connectivity index (χ2n) is 8.05. The van der Waals surface area contributed by atoms with Crippen molar-refractivity contribution in [2.75, 3.05) is 11.9 Å². The molecule has 0 aliphatic carbocycles. The van der Waals surface area contributed by atoms with Crippen LogP contribution >= 0.6 is 0 Å². The van der Waals surface area contributed by atoms with Crippen molar-refractivity contribution in [1.29, 1.82) is 5.26 Å². The lowest BCUT2D eigenvalue weighted by Gasteiger charge is -2.13. The molecule has 0 spiro atoms. The summed E-state index contributed by atoms with van der Waals surface area (Å²) in [7, 11) is 0. The minimum absolute atomic E-state index is 0.0685. The van der Waals surface area contributed by atoms with Crippen LogP contribution in [-0.2, 0) is 17.6 Å². The minimum atomic E-state index is -4.55. The summed E-state index contributed by atoms with van der Waals surface area (Å²) in [5.41, 5.74) is 2.60. The van der Waals surface area contributed by atoms with Gasteiger partial charge >= 0.3 is 6.18 Å². The number of anilines is 1. The SMILES string of the molecule is CCOc1cc(/C=C(\C#N)C(=O)Nc2cccc(C(F)(F)F)c2)ccc1OCc1ccc(C)c(C)c1. The standard InChI is InChI=1S/C28H25F3N2O3/c1-4-35-26-14-20(10-11-25(26)36-17-21-9-8-18(2)19(3)12-21)13-22(16-32)27(34)33-24-7-5-6-23(15-24)28(29,30)31/h5-15H,4,17H2,1-3H3,(H,33,34)/b22-13+. The maximum atomic E-state index is 12.9. The Hall–Kier alpha value is -4.25. The van der Waals surface area contributed by atoms with Crippen LogP contribution in [0.4, 0.5) is 18.9 Å². The van der Waals surface area contributed by atoms with Gasteiger partial charge in [-0.3, -0.25) is 4.79 Å². The number of rotatable bonds is 8. The van der Waals surface area contributed by atoms with E-state index in [1.807, 2.05) is 32.9 Å². The quantitative estimate of drug-likeness (QED) is 0.275. The van der Waals surface area contributed by atoms with E-state index in [4.69, 9.17) is 9.47 Å². The Morgan fingerprint density at radius 2 is 1.78 bits per heavy atom. The maximum absolute atomic E-state index is 12.9. The number of halogens is 3. The summed E-state index contributed by atoms with van der Waals surface area (Å²) in [6, 6.07) is 17.0. The molecule has 186 valence electrons. The van der Waals surface area contributed by atoms with Crippen molar-refractivity contribution in [2.24, 2.45) is 0 Å². The predicted octanol–water partition coefficient (Wildman–Crippen LogP) is 6.85. The number of nitriles is 1. The normalized spacial score (nSPS) is 11.5. The van der Waals surface area contributed by atoms with Crippen molar-refractivity contribution in [1.82, 2.24) is 0 Å². The van der Waals surface area contributed by atoms with Crippen molar-refractivity contribution >= 4 is 17.7 Å². The number of amides is 1. The zero-order valence-electron chi connectivity index (χ0n) is 20.1. The third-order valence-corrected chi connectivity index (χ3v) is 5.36. The Labute approximate surface area is 207 Å². The van der Waals surface area contributed by atoms with Crippen molar-refractivity contribution in [3.8, 4) is 17.6 Å². The van der Waals surface area contributed by atoms with Crippen LogP contribution in [0.25, 0.3) is 6.08 Å². The second-order valence-corrected chi connectivity index (χ2v) is 8.05. The number of ether oxygens (including phenoxy) is 2. The maximum Gasteiger partial charge on any atom is 0.416 e. The van der Waals surface area contributed by atoms with Crippen LogP contribution in [0.2, 0.25) is 0 Å². The van der Waals surface area contributed by atoms with Gasteiger partial charge in [-0.05, 0) is 79.4 Å². The smallest absolute Gasteiger partial charge is 0.416 e. The number of aryl methyl sites for hydroxylation is 2. The summed E-state index contributed by atoms with van der Waals surface area (Å²) < 4.78 is 50.4. The van der Waals surface area contributed by atoms with Crippen LogP contribution in [0.1, 0.15) is 34.7 Å². The van der Waals surface area contributed by atoms with Gasteiger partial charge in [-0.1, -0.05) is 30.3 Å². The van der Waals surface area contributed by atoms with Gasteiger partial charge in [0.2, 0.25) is 0 Å². The van der Waals surface area contributed by atoms with E-state index in [9.17, 15) is 23.2 Å². The van der Waals surface area contributed by atoms with Crippen LogP contribution in [0.15, 0.2) is 66.2 Å². The average molecular weight is 495 g/mol. The number of carbonyl (C=O) groups is 1. The zero-order valence-corrected chi connectivity index (χ0v) is 20.1. The lowest BCUT2D eigenvalue weighted by Crippen LogP contribution is -2.14. The lowest BCUT2D eigenvalue weighted by molar-refractivity contribution is -0.137. The van der Waals surface area contributed by atoms with Crippen LogP contribution in [0, 0.1) is 25.2 Å². The van der Waals surface area contributed by atoms with Crippen LogP contribution in [0.5, 0.6) is 11.5 Å². The first-order valence-electron chi connectivity index (χ1n) is 11.2. The molecule has 0 bridgehead atoms. The molecule has 0 atom stereocenters. The summed E-state index contributed by atoms with van der Waals surface area (Å²) in [5, 5.41) is 11.8. The predicted molar refractivity (Wildman–Crippen MR) is 132 cm³/mol. The average Bonchev–Trinajstić information content (AvgIpc) is 2.84. The van der Waals surface area contributed by atoms with Crippen LogP contribution in [-0.4, -0.2) is 12.5 Å². The molecule has 0 unspecified atom stereocenters. The Morgan fingerprint density at radius 3 is 2.44 bits per heavy atom. The van der Waals surface area contributed by atoms with Gasteiger partial charge < -0.3 is 14.8 Å². The summed E-state index contributed by atoms with van der Waals surface area (Å²) >= 11 is 0. The Kier molecular flexibility index (Phi) is 8.38. The first-order valence-corrected chi connectivity index (χ1v) is 11.2. The molecule has 3 rings (SSSR count). The first-order chi connectivity index (χ1) is 17.1. The number of nitrogens with one attached hydrogen (secondary N) is 1. The molecular formula is C28H25F3N2O3. The first kappa shape index (κ1) is 26.4. The molecule has 0 radical (unpaired) electrons. The molecule has 0 fully saturated rings. The molecule has 0 aliphatic rings. The van der Waals surface area contributed by atoms with Crippen molar-refractivity contribution in [2.45, 2.75) is 33.6 Å². The third kappa shape index (κ3) is 6.89. The fourth-order valence-corrected chi connectivity index (χ4v) is 3.34. The minimum Gasteiger partial charge on any atom is -0.490 e. The monoisotopic (exact) mass is 494 g/mol. The number of hydrogen-bond donors (Lipinski definition) is 1. The van der Waals surface area contributed by atoms with E-state index in [1.165, 1.54) is 23.8 Å². The number of hydrogen-bond acceptors (Lipinski definition) is 4. The molecule has 0 heterocycles. The Balaban J connectivity index is 1.79. The van der Waals surface area contributed by atoms with Crippen molar-refractivity contribution < 1.29 is 27.4 Å². The highest BCUT2D eigenvalue weighted by Gasteiger charge is 2.30. The molecule has 36 heavy (non-hydrogen) atoms. The van der Waals surface area contributed by atoms with Gasteiger partial charge in [0, 0.05) is 5.69 Å². The number of alkyl halides is 3. The Morgan fingerprint density at radius 1 is 1.00 bits per heavy atom. The molecule has 5 nitrogen and oxygen atoms in total. The Bertz CT molecular complexity index is 1320. The highest BCUT2D eigenvalue weighted by molar-refractivity contribution is 6.09. The number of benzene rings is 3. The summed E-state index contributed by atoms with van der Waals surface area (Å²) in [6.45, 7) is 6.59. The van der Waals surface area contributed by atoms with Gasteiger partial charge in [-0.2, -0.15) is 18.4 Å².